The lowest BCUT2D eigenvalue weighted by atomic mass is 9.87. The predicted molar refractivity (Wildman–Crippen MR) is 90.6 cm³/mol. The molecule has 1 heterocycles. The zero-order valence-corrected chi connectivity index (χ0v) is 14.6. The molecule has 2 unspecified atom stereocenters. The summed E-state index contributed by atoms with van der Waals surface area (Å²) in [7, 11) is 0. The number of benzene rings is 1. The van der Waals surface area contributed by atoms with Crippen LogP contribution in [0.25, 0.3) is 0 Å². The molecule has 1 aliphatic heterocycles. The third-order valence-corrected chi connectivity index (χ3v) is 4.18. The minimum Gasteiger partial charge on any atom is -0.379 e. The molecule has 1 aromatic rings. The normalized spacial score (nSPS) is 18.8. The topological polar surface area (TPSA) is 40.2 Å². The molecule has 130 valence electrons. The summed E-state index contributed by atoms with van der Waals surface area (Å²) in [4.78, 5) is 0. The van der Waals surface area contributed by atoms with Crippen LogP contribution in [0, 0.1) is 0 Å². The largest absolute Gasteiger partial charge is 0.379 e. The van der Waals surface area contributed by atoms with Gasteiger partial charge in [-0.3, -0.25) is 0 Å². The van der Waals surface area contributed by atoms with E-state index in [0.717, 1.165) is 26.1 Å². The molecule has 0 bridgehead atoms. The van der Waals surface area contributed by atoms with Crippen LogP contribution in [0.5, 0.6) is 0 Å². The van der Waals surface area contributed by atoms with Gasteiger partial charge < -0.3 is 18.9 Å². The SMILES string of the molecule is CCOC(C)(OCC)C(CCCOCC1CO1)c1ccccc1. The lowest BCUT2D eigenvalue weighted by molar-refractivity contribution is -0.236. The number of rotatable bonds is 12. The van der Waals surface area contributed by atoms with E-state index in [9.17, 15) is 0 Å². The first kappa shape index (κ1) is 18.4. The molecule has 1 fully saturated rings. The first-order valence-corrected chi connectivity index (χ1v) is 8.71. The van der Waals surface area contributed by atoms with Gasteiger partial charge in [0, 0.05) is 25.7 Å². The van der Waals surface area contributed by atoms with Crippen molar-refractivity contribution in [1.29, 1.82) is 0 Å². The van der Waals surface area contributed by atoms with Crippen LogP contribution in [0.1, 0.15) is 45.1 Å². The summed E-state index contributed by atoms with van der Waals surface area (Å²) in [5.74, 6) is -0.422. The van der Waals surface area contributed by atoms with E-state index in [2.05, 4.69) is 31.2 Å². The van der Waals surface area contributed by atoms with Gasteiger partial charge in [0.1, 0.15) is 6.10 Å². The Labute approximate surface area is 140 Å². The van der Waals surface area contributed by atoms with E-state index in [1.165, 1.54) is 5.56 Å². The van der Waals surface area contributed by atoms with Crippen LogP contribution in [0.15, 0.2) is 30.3 Å². The Hall–Kier alpha value is -0.940. The highest BCUT2D eigenvalue weighted by Gasteiger charge is 2.36. The van der Waals surface area contributed by atoms with Crippen molar-refractivity contribution >= 4 is 0 Å². The molecule has 2 atom stereocenters. The van der Waals surface area contributed by atoms with Gasteiger partial charge in [0.2, 0.25) is 0 Å². The summed E-state index contributed by atoms with van der Waals surface area (Å²) in [5.41, 5.74) is 1.25. The zero-order valence-electron chi connectivity index (χ0n) is 14.6. The molecule has 0 N–H and O–H groups in total. The summed E-state index contributed by atoms with van der Waals surface area (Å²) in [6.07, 6.45) is 2.27. The Morgan fingerprint density at radius 3 is 2.39 bits per heavy atom. The fourth-order valence-corrected chi connectivity index (χ4v) is 3.00. The molecule has 0 aliphatic carbocycles. The van der Waals surface area contributed by atoms with E-state index in [1.54, 1.807) is 0 Å². The first-order chi connectivity index (χ1) is 11.2. The number of epoxide rings is 1. The Morgan fingerprint density at radius 2 is 1.83 bits per heavy atom. The van der Waals surface area contributed by atoms with Crippen LogP contribution in [-0.2, 0) is 18.9 Å². The maximum absolute atomic E-state index is 6.01. The third-order valence-electron chi connectivity index (χ3n) is 4.18. The van der Waals surface area contributed by atoms with Gasteiger partial charge in [0.05, 0.1) is 13.2 Å². The van der Waals surface area contributed by atoms with E-state index >= 15 is 0 Å². The Kier molecular flexibility index (Phi) is 7.50. The minimum atomic E-state index is -0.607. The fourth-order valence-electron chi connectivity index (χ4n) is 3.00. The molecule has 1 saturated heterocycles. The van der Waals surface area contributed by atoms with Crippen molar-refractivity contribution in [3.63, 3.8) is 0 Å². The second-order valence-electron chi connectivity index (χ2n) is 6.02. The molecule has 0 spiro atoms. The number of ether oxygens (including phenoxy) is 4. The van der Waals surface area contributed by atoms with Crippen LogP contribution in [0.4, 0.5) is 0 Å². The number of hydrogen-bond donors (Lipinski definition) is 0. The highest BCUT2D eigenvalue weighted by atomic mass is 16.7. The average Bonchev–Trinajstić information content (AvgIpc) is 3.36. The van der Waals surface area contributed by atoms with Crippen molar-refractivity contribution in [1.82, 2.24) is 0 Å². The zero-order chi connectivity index (χ0) is 16.5. The van der Waals surface area contributed by atoms with Crippen LogP contribution >= 0.6 is 0 Å². The second kappa shape index (κ2) is 9.38. The lowest BCUT2D eigenvalue weighted by Gasteiger charge is -2.37. The average molecular weight is 322 g/mol. The van der Waals surface area contributed by atoms with E-state index in [4.69, 9.17) is 18.9 Å². The number of hydrogen-bond acceptors (Lipinski definition) is 4. The third kappa shape index (κ3) is 5.88. The molecule has 1 aromatic carbocycles. The molecule has 0 aromatic heterocycles. The maximum atomic E-state index is 6.01. The smallest absolute Gasteiger partial charge is 0.172 e. The molecule has 1 aliphatic rings. The van der Waals surface area contributed by atoms with Crippen molar-refractivity contribution in [2.75, 3.05) is 33.0 Å². The van der Waals surface area contributed by atoms with E-state index in [-0.39, 0.29) is 5.92 Å². The molecular weight excluding hydrogens is 292 g/mol. The summed E-state index contributed by atoms with van der Waals surface area (Å²) in [5, 5.41) is 0. The van der Waals surface area contributed by atoms with Crippen LogP contribution in [-0.4, -0.2) is 44.9 Å². The fraction of sp³-hybridized carbons (Fsp3) is 0.684. The van der Waals surface area contributed by atoms with E-state index in [0.29, 0.717) is 25.9 Å². The lowest BCUT2D eigenvalue weighted by Crippen LogP contribution is -2.39. The summed E-state index contributed by atoms with van der Waals surface area (Å²) in [6.45, 7) is 9.65. The quantitative estimate of drug-likeness (QED) is 0.334. The molecule has 0 radical (unpaired) electrons. The van der Waals surface area contributed by atoms with Gasteiger partial charge in [-0.1, -0.05) is 30.3 Å². The molecule has 0 amide bonds. The van der Waals surface area contributed by atoms with Crippen LogP contribution in [0.3, 0.4) is 0 Å². The Balaban J connectivity index is 1.97. The van der Waals surface area contributed by atoms with Crippen molar-refractivity contribution in [2.45, 2.75) is 51.4 Å². The maximum Gasteiger partial charge on any atom is 0.172 e. The van der Waals surface area contributed by atoms with Gasteiger partial charge >= 0.3 is 0 Å². The molecule has 23 heavy (non-hydrogen) atoms. The minimum absolute atomic E-state index is 0.185. The summed E-state index contributed by atoms with van der Waals surface area (Å²) in [6, 6.07) is 10.5. The second-order valence-corrected chi connectivity index (χ2v) is 6.02. The van der Waals surface area contributed by atoms with Gasteiger partial charge in [0.15, 0.2) is 5.79 Å². The first-order valence-electron chi connectivity index (χ1n) is 8.71. The standard InChI is InChI=1S/C19H30O4/c1-4-22-19(3,23-5-2)18(16-10-7-6-8-11-16)12-9-13-20-14-17-15-21-17/h6-8,10-11,17-18H,4-5,9,12-15H2,1-3H3. The molecular formula is C19H30O4. The van der Waals surface area contributed by atoms with Gasteiger partial charge in [-0.05, 0) is 39.2 Å². The summed E-state index contributed by atoms with van der Waals surface area (Å²) >= 11 is 0. The molecule has 2 rings (SSSR count). The van der Waals surface area contributed by atoms with Gasteiger partial charge in [-0.2, -0.15) is 0 Å². The van der Waals surface area contributed by atoms with Crippen molar-refractivity contribution in [3.05, 3.63) is 35.9 Å². The highest BCUT2D eigenvalue weighted by Crippen LogP contribution is 2.36. The highest BCUT2D eigenvalue weighted by molar-refractivity contribution is 5.21. The molecule has 4 nitrogen and oxygen atoms in total. The summed E-state index contributed by atoms with van der Waals surface area (Å²) < 4.78 is 22.8. The van der Waals surface area contributed by atoms with Gasteiger partial charge in [-0.25, -0.2) is 0 Å². The van der Waals surface area contributed by atoms with E-state index in [1.807, 2.05) is 19.9 Å². The molecule has 4 heteroatoms. The van der Waals surface area contributed by atoms with Crippen molar-refractivity contribution in [3.8, 4) is 0 Å². The van der Waals surface area contributed by atoms with Crippen molar-refractivity contribution in [2.24, 2.45) is 0 Å². The predicted octanol–water partition coefficient (Wildman–Crippen LogP) is 3.76. The van der Waals surface area contributed by atoms with Crippen molar-refractivity contribution < 1.29 is 18.9 Å². The van der Waals surface area contributed by atoms with Crippen LogP contribution in [0.2, 0.25) is 0 Å². The Morgan fingerprint density at radius 1 is 1.17 bits per heavy atom. The van der Waals surface area contributed by atoms with Gasteiger partial charge in [0.25, 0.3) is 0 Å². The van der Waals surface area contributed by atoms with Gasteiger partial charge in [-0.15, -0.1) is 0 Å². The monoisotopic (exact) mass is 322 g/mol. The van der Waals surface area contributed by atoms with E-state index < -0.39 is 5.79 Å². The Bertz CT molecular complexity index is 424. The van der Waals surface area contributed by atoms with Crippen LogP contribution < -0.4 is 0 Å². The molecule has 0 saturated carbocycles.